The van der Waals surface area contributed by atoms with Gasteiger partial charge in [-0.15, -0.1) is 0 Å². The first-order chi connectivity index (χ1) is 17.0. The summed E-state index contributed by atoms with van der Waals surface area (Å²) in [5.74, 6) is -0.137. The number of hydrogen-bond acceptors (Lipinski definition) is 3. The zero-order chi connectivity index (χ0) is 24.4. The van der Waals surface area contributed by atoms with Crippen molar-refractivity contribution in [3.63, 3.8) is 0 Å². The molecule has 2 aliphatic heterocycles. The summed E-state index contributed by atoms with van der Waals surface area (Å²) in [6.45, 7) is 3.18. The highest BCUT2D eigenvalue weighted by Gasteiger charge is 2.52. The van der Waals surface area contributed by atoms with Gasteiger partial charge in [0, 0.05) is 32.5 Å². The van der Waals surface area contributed by atoms with E-state index >= 15 is 0 Å². The quantitative estimate of drug-likeness (QED) is 0.510. The summed E-state index contributed by atoms with van der Waals surface area (Å²) >= 11 is 0. The summed E-state index contributed by atoms with van der Waals surface area (Å²) in [5.41, 5.74) is 2.53. The van der Waals surface area contributed by atoms with Crippen molar-refractivity contribution in [1.82, 2.24) is 9.80 Å². The highest BCUT2D eigenvalue weighted by Crippen LogP contribution is 2.44. The van der Waals surface area contributed by atoms with Gasteiger partial charge in [0.1, 0.15) is 5.66 Å². The molecule has 6 nitrogen and oxygen atoms in total. The van der Waals surface area contributed by atoms with Crippen LogP contribution in [0.4, 0.5) is 5.69 Å². The molecule has 0 saturated carbocycles. The molecule has 1 atom stereocenters. The molecule has 0 radical (unpaired) electrons. The second kappa shape index (κ2) is 9.37. The maximum Gasteiger partial charge on any atom is 0.257 e. The Morgan fingerprint density at radius 3 is 2.06 bits per heavy atom. The molecule has 3 amide bonds. The maximum absolute atomic E-state index is 13.5. The molecule has 0 N–H and O–H groups in total. The fourth-order valence-corrected chi connectivity index (χ4v) is 5.25. The van der Waals surface area contributed by atoms with Crippen LogP contribution in [0, 0.1) is 0 Å². The van der Waals surface area contributed by atoms with Crippen LogP contribution in [-0.2, 0) is 22.7 Å². The molecule has 0 aromatic heterocycles. The van der Waals surface area contributed by atoms with Crippen molar-refractivity contribution in [2.45, 2.75) is 44.9 Å². The van der Waals surface area contributed by atoms with Crippen LogP contribution in [0.5, 0.6) is 0 Å². The number of anilines is 1. The Kier molecular flexibility index (Phi) is 6.12. The lowest BCUT2D eigenvalue weighted by molar-refractivity contribution is -0.132. The highest BCUT2D eigenvalue weighted by atomic mass is 16.2. The van der Waals surface area contributed by atoms with Gasteiger partial charge in [-0.1, -0.05) is 72.8 Å². The Morgan fingerprint density at radius 1 is 0.857 bits per heavy atom. The SMILES string of the molecule is CC12CCC(=O)N1c1ccccc1C(=O)N2CCC(=O)N(Cc1ccccc1)Cc1ccccc1. The molecule has 178 valence electrons. The molecule has 5 rings (SSSR count). The number of carbonyl (C=O) groups excluding carboxylic acids is 3. The minimum absolute atomic E-state index is 0.0126. The molecule has 2 heterocycles. The van der Waals surface area contributed by atoms with E-state index in [1.807, 2.05) is 90.7 Å². The molecule has 1 saturated heterocycles. The van der Waals surface area contributed by atoms with Gasteiger partial charge in [-0.3, -0.25) is 19.3 Å². The first-order valence-corrected chi connectivity index (χ1v) is 12.1. The Balaban J connectivity index is 1.37. The fourth-order valence-electron chi connectivity index (χ4n) is 5.25. The lowest BCUT2D eigenvalue weighted by Crippen LogP contribution is -2.62. The van der Waals surface area contributed by atoms with Gasteiger partial charge in [0.15, 0.2) is 0 Å². The number of carbonyl (C=O) groups is 3. The Morgan fingerprint density at radius 2 is 1.43 bits per heavy atom. The topological polar surface area (TPSA) is 60.9 Å². The molecule has 3 aromatic rings. The minimum atomic E-state index is -0.757. The third-order valence-electron chi connectivity index (χ3n) is 7.08. The predicted molar refractivity (Wildman–Crippen MR) is 134 cm³/mol. The Bertz CT molecular complexity index is 1200. The van der Waals surface area contributed by atoms with E-state index in [0.29, 0.717) is 37.2 Å². The largest absolute Gasteiger partial charge is 0.334 e. The van der Waals surface area contributed by atoms with Crippen molar-refractivity contribution in [2.75, 3.05) is 11.4 Å². The number of benzene rings is 3. The third-order valence-corrected chi connectivity index (χ3v) is 7.08. The number of nitrogens with zero attached hydrogens (tertiary/aromatic N) is 3. The van der Waals surface area contributed by atoms with Crippen LogP contribution < -0.4 is 4.90 Å². The van der Waals surface area contributed by atoms with Gasteiger partial charge >= 0.3 is 0 Å². The van der Waals surface area contributed by atoms with E-state index in [4.69, 9.17) is 0 Å². The average Bonchev–Trinajstić information content (AvgIpc) is 3.19. The van der Waals surface area contributed by atoms with E-state index < -0.39 is 5.66 Å². The minimum Gasteiger partial charge on any atom is -0.334 e. The van der Waals surface area contributed by atoms with Gasteiger partial charge in [0.05, 0.1) is 11.3 Å². The van der Waals surface area contributed by atoms with E-state index in [2.05, 4.69) is 0 Å². The number of amides is 3. The molecule has 0 bridgehead atoms. The van der Waals surface area contributed by atoms with Gasteiger partial charge in [-0.05, 0) is 36.6 Å². The summed E-state index contributed by atoms with van der Waals surface area (Å²) in [4.78, 5) is 45.1. The first kappa shape index (κ1) is 22.8. The van der Waals surface area contributed by atoms with E-state index in [9.17, 15) is 14.4 Å². The smallest absolute Gasteiger partial charge is 0.257 e. The summed E-state index contributed by atoms with van der Waals surface area (Å²) in [6.07, 6.45) is 1.12. The van der Waals surface area contributed by atoms with Crippen LogP contribution in [0.3, 0.4) is 0 Å². The molecule has 1 fully saturated rings. The van der Waals surface area contributed by atoms with Crippen LogP contribution in [0.25, 0.3) is 0 Å². The van der Waals surface area contributed by atoms with Crippen molar-refractivity contribution in [2.24, 2.45) is 0 Å². The van der Waals surface area contributed by atoms with Gasteiger partial charge < -0.3 is 9.80 Å². The van der Waals surface area contributed by atoms with E-state index in [1.54, 1.807) is 15.9 Å². The second-order valence-corrected chi connectivity index (χ2v) is 9.39. The van der Waals surface area contributed by atoms with Crippen LogP contribution in [-0.4, -0.2) is 39.7 Å². The molecule has 2 aliphatic rings. The number of hydrogen-bond donors (Lipinski definition) is 0. The van der Waals surface area contributed by atoms with Crippen molar-refractivity contribution >= 4 is 23.4 Å². The summed E-state index contributed by atoms with van der Waals surface area (Å²) in [5, 5.41) is 0. The molecule has 3 aromatic carbocycles. The zero-order valence-corrected chi connectivity index (χ0v) is 19.9. The average molecular weight is 468 g/mol. The van der Waals surface area contributed by atoms with Crippen LogP contribution in [0.15, 0.2) is 84.9 Å². The lowest BCUT2D eigenvalue weighted by Gasteiger charge is -2.48. The van der Waals surface area contributed by atoms with Crippen molar-refractivity contribution in [3.8, 4) is 0 Å². The Hall–Kier alpha value is -3.93. The standard InChI is InChI=1S/C29H29N3O3/c1-29-18-16-27(34)32(29)25-15-9-8-14-24(25)28(35)31(29)19-17-26(33)30(20-22-10-4-2-5-11-22)21-23-12-6-3-7-13-23/h2-15H,16-21H2,1H3. The van der Waals surface area contributed by atoms with Gasteiger partial charge in [0.25, 0.3) is 5.91 Å². The van der Waals surface area contributed by atoms with Gasteiger partial charge in [-0.25, -0.2) is 0 Å². The summed E-state index contributed by atoms with van der Waals surface area (Å²) in [6, 6.07) is 27.1. The predicted octanol–water partition coefficient (Wildman–Crippen LogP) is 4.60. The van der Waals surface area contributed by atoms with Gasteiger partial charge in [-0.2, -0.15) is 0 Å². The van der Waals surface area contributed by atoms with E-state index in [-0.39, 0.29) is 30.7 Å². The van der Waals surface area contributed by atoms with Crippen molar-refractivity contribution in [3.05, 3.63) is 102 Å². The normalized spacial score (nSPS) is 18.9. The maximum atomic E-state index is 13.5. The van der Waals surface area contributed by atoms with Crippen LogP contribution in [0.2, 0.25) is 0 Å². The van der Waals surface area contributed by atoms with Gasteiger partial charge in [0.2, 0.25) is 11.8 Å². The summed E-state index contributed by atoms with van der Waals surface area (Å²) in [7, 11) is 0. The molecular weight excluding hydrogens is 438 g/mol. The number of rotatable bonds is 7. The van der Waals surface area contributed by atoms with Crippen LogP contribution >= 0.6 is 0 Å². The molecule has 35 heavy (non-hydrogen) atoms. The van der Waals surface area contributed by atoms with Crippen LogP contribution in [0.1, 0.15) is 47.7 Å². The molecule has 1 unspecified atom stereocenters. The fraction of sp³-hybridized carbons (Fsp3) is 0.276. The number of fused-ring (bicyclic) bond motifs is 3. The van der Waals surface area contributed by atoms with E-state index in [0.717, 1.165) is 11.1 Å². The van der Waals surface area contributed by atoms with Crippen molar-refractivity contribution in [1.29, 1.82) is 0 Å². The monoisotopic (exact) mass is 467 g/mol. The zero-order valence-electron chi connectivity index (χ0n) is 19.9. The lowest BCUT2D eigenvalue weighted by atomic mass is 9.98. The molecule has 0 spiro atoms. The Labute approximate surface area is 205 Å². The first-order valence-electron chi connectivity index (χ1n) is 12.1. The molecular formula is C29H29N3O3. The summed E-state index contributed by atoms with van der Waals surface area (Å²) < 4.78 is 0. The van der Waals surface area contributed by atoms with E-state index in [1.165, 1.54) is 0 Å². The number of para-hydroxylation sites is 1. The second-order valence-electron chi connectivity index (χ2n) is 9.39. The van der Waals surface area contributed by atoms with Crippen molar-refractivity contribution < 1.29 is 14.4 Å². The third kappa shape index (κ3) is 4.32. The molecule has 0 aliphatic carbocycles. The highest BCUT2D eigenvalue weighted by molar-refractivity contribution is 6.10. The molecule has 6 heteroatoms.